The van der Waals surface area contributed by atoms with Crippen LogP contribution >= 0.6 is 0 Å². The molecule has 0 spiro atoms. The summed E-state index contributed by atoms with van der Waals surface area (Å²) in [6, 6.07) is 6.36. The molecule has 1 heterocycles. The molecule has 0 aliphatic rings. The normalized spacial score (nSPS) is 11.5. The van der Waals surface area contributed by atoms with E-state index in [9.17, 15) is 4.79 Å². The second-order valence-electron chi connectivity index (χ2n) is 4.52. The summed E-state index contributed by atoms with van der Waals surface area (Å²) >= 11 is 0. The van der Waals surface area contributed by atoms with E-state index in [0.29, 0.717) is 17.3 Å². The Hall–Kier alpha value is -2.21. The number of hydrogen-bond acceptors (Lipinski definition) is 5. The third-order valence-electron chi connectivity index (χ3n) is 2.82. The van der Waals surface area contributed by atoms with Crippen LogP contribution in [0.5, 0.6) is 0 Å². The standard InChI is InChI=1S/C13H14N2O4/c1-13(2,18-3)12-14-10(15-19-12)8-5-4-6-9(7-8)11(16)17/h4-7H,1-3H3,(H,16,17). The number of rotatable bonds is 4. The summed E-state index contributed by atoms with van der Waals surface area (Å²) in [4.78, 5) is 15.1. The maximum absolute atomic E-state index is 10.9. The van der Waals surface area contributed by atoms with Crippen LogP contribution in [0.25, 0.3) is 11.4 Å². The zero-order valence-corrected chi connectivity index (χ0v) is 10.9. The summed E-state index contributed by atoms with van der Waals surface area (Å²) in [7, 11) is 1.55. The van der Waals surface area contributed by atoms with Gasteiger partial charge >= 0.3 is 5.97 Å². The molecule has 19 heavy (non-hydrogen) atoms. The molecule has 2 aromatic rings. The van der Waals surface area contributed by atoms with Gasteiger partial charge in [-0.1, -0.05) is 17.3 Å². The number of carboxylic acid groups (broad SMARTS) is 1. The Morgan fingerprint density at radius 2 is 2.16 bits per heavy atom. The SMILES string of the molecule is COC(C)(C)c1nc(-c2cccc(C(=O)O)c2)no1. The number of hydrogen-bond donors (Lipinski definition) is 1. The first-order chi connectivity index (χ1) is 8.94. The van der Waals surface area contributed by atoms with Gasteiger partial charge in [-0.15, -0.1) is 0 Å². The zero-order chi connectivity index (χ0) is 14.0. The quantitative estimate of drug-likeness (QED) is 0.910. The molecule has 6 nitrogen and oxygen atoms in total. The van der Waals surface area contributed by atoms with Gasteiger partial charge in [0, 0.05) is 12.7 Å². The van der Waals surface area contributed by atoms with E-state index in [4.69, 9.17) is 14.4 Å². The van der Waals surface area contributed by atoms with Crippen LogP contribution in [0, 0.1) is 0 Å². The van der Waals surface area contributed by atoms with Crippen molar-refractivity contribution >= 4 is 5.97 Å². The highest BCUT2D eigenvalue weighted by atomic mass is 16.5. The van der Waals surface area contributed by atoms with Crippen LogP contribution in [-0.2, 0) is 10.3 Å². The lowest BCUT2D eigenvalue weighted by molar-refractivity contribution is -0.00787. The molecule has 1 aromatic carbocycles. The molecular weight excluding hydrogens is 248 g/mol. The van der Waals surface area contributed by atoms with Crippen molar-refractivity contribution in [2.75, 3.05) is 7.11 Å². The van der Waals surface area contributed by atoms with Gasteiger partial charge in [-0.05, 0) is 26.0 Å². The first-order valence-corrected chi connectivity index (χ1v) is 5.67. The molecule has 6 heteroatoms. The Bertz CT molecular complexity index is 604. The maximum atomic E-state index is 10.9. The first-order valence-electron chi connectivity index (χ1n) is 5.67. The average Bonchev–Trinajstić information content (AvgIpc) is 2.89. The van der Waals surface area contributed by atoms with Gasteiger partial charge in [0.1, 0.15) is 5.60 Å². The maximum Gasteiger partial charge on any atom is 0.335 e. The van der Waals surface area contributed by atoms with Gasteiger partial charge in [0.2, 0.25) is 5.82 Å². The number of benzene rings is 1. The Labute approximate surface area is 110 Å². The fourth-order valence-corrected chi connectivity index (χ4v) is 1.46. The smallest absolute Gasteiger partial charge is 0.335 e. The minimum atomic E-state index is -0.997. The third-order valence-corrected chi connectivity index (χ3v) is 2.82. The molecule has 0 radical (unpaired) electrons. The predicted octanol–water partition coefficient (Wildman–Crippen LogP) is 2.32. The van der Waals surface area contributed by atoms with E-state index in [0.717, 1.165) is 0 Å². The summed E-state index contributed by atoms with van der Waals surface area (Å²) in [5.74, 6) is -0.322. The molecule has 0 aliphatic carbocycles. The number of methoxy groups -OCH3 is 1. The number of aromatic nitrogens is 2. The molecule has 0 saturated heterocycles. The number of aromatic carboxylic acids is 1. The van der Waals surface area contributed by atoms with Gasteiger partial charge in [-0.2, -0.15) is 4.98 Å². The second kappa shape index (κ2) is 4.81. The fraction of sp³-hybridized carbons (Fsp3) is 0.308. The van der Waals surface area contributed by atoms with E-state index < -0.39 is 11.6 Å². The Balaban J connectivity index is 2.38. The third kappa shape index (κ3) is 2.63. The lowest BCUT2D eigenvalue weighted by Crippen LogP contribution is -2.19. The van der Waals surface area contributed by atoms with Crippen molar-refractivity contribution in [1.82, 2.24) is 10.1 Å². The summed E-state index contributed by atoms with van der Waals surface area (Å²) < 4.78 is 10.4. The van der Waals surface area contributed by atoms with E-state index >= 15 is 0 Å². The molecule has 0 atom stereocenters. The number of ether oxygens (including phenoxy) is 1. The lowest BCUT2D eigenvalue weighted by atomic mass is 10.1. The van der Waals surface area contributed by atoms with Crippen LogP contribution < -0.4 is 0 Å². The fourth-order valence-electron chi connectivity index (χ4n) is 1.46. The molecule has 0 aliphatic heterocycles. The Kier molecular flexibility index (Phi) is 3.35. The summed E-state index contributed by atoms with van der Waals surface area (Å²) in [5, 5.41) is 12.8. The number of carboxylic acids is 1. The lowest BCUT2D eigenvalue weighted by Gasteiger charge is -2.16. The van der Waals surface area contributed by atoms with Gasteiger partial charge in [-0.25, -0.2) is 4.79 Å². The monoisotopic (exact) mass is 262 g/mol. The van der Waals surface area contributed by atoms with Gasteiger partial charge in [0.25, 0.3) is 5.89 Å². The van der Waals surface area contributed by atoms with Crippen molar-refractivity contribution in [3.63, 3.8) is 0 Å². The summed E-state index contributed by atoms with van der Waals surface area (Å²) in [6.07, 6.45) is 0. The minimum absolute atomic E-state index is 0.176. The van der Waals surface area contributed by atoms with Gasteiger partial charge in [0.05, 0.1) is 5.56 Å². The van der Waals surface area contributed by atoms with Crippen LogP contribution in [0.4, 0.5) is 0 Å². The van der Waals surface area contributed by atoms with Crippen molar-refractivity contribution in [3.05, 3.63) is 35.7 Å². The zero-order valence-electron chi connectivity index (χ0n) is 10.9. The molecule has 0 unspecified atom stereocenters. The van der Waals surface area contributed by atoms with Crippen LogP contribution in [-0.4, -0.2) is 28.3 Å². The van der Waals surface area contributed by atoms with Crippen molar-refractivity contribution < 1.29 is 19.2 Å². The molecule has 1 aromatic heterocycles. The summed E-state index contributed by atoms with van der Waals surface area (Å²) in [5.41, 5.74) is 0.0759. The molecule has 2 rings (SSSR count). The van der Waals surface area contributed by atoms with Gasteiger partial charge < -0.3 is 14.4 Å². The van der Waals surface area contributed by atoms with Crippen LogP contribution in [0.15, 0.2) is 28.8 Å². The van der Waals surface area contributed by atoms with E-state index in [1.807, 2.05) is 0 Å². The topological polar surface area (TPSA) is 85.5 Å². The molecule has 0 fully saturated rings. The van der Waals surface area contributed by atoms with Crippen molar-refractivity contribution in [1.29, 1.82) is 0 Å². The second-order valence-corrected chi connectivity index (χ2v) is 4.52. The van der Waals surface area contributed by atoms with Crippen LogP contribution in [0.1, 0.15) is 30.1 Å². The van der Waals surface area contributed by atoms with Crippen molar-refractivity contribution in [2.45, 2.75) is 19.4 Å². The number of carbonyl (C=O) groups is 1. The van der Waals surface area contributed by atoms with Crippen molar-refractivity contribution in [2.24, 2.45) is 0 Å². The largest absolute Gasteiger partial charge is 0.478 e. The Morgan fingerprint density at radius 1 is 1.42 bits per heavy atom. The minimum Gasteiger partial charge on any atom is -0.478 e. The van der Waals surface area contributed by atoms with E-state index in [1.165, 1.54) is 12.1 Å². The Morgan fingerprint density at radius 3 is 2.79 bits per heavy atom. The molecule has 1 N–H and O–H groups in total. The van der Waals surface area contributed by atoms with Crippen LogP contribution in [0.3, 0.4) is 0 Å². The van der Waals surface area contributed by atoms with Gasteiger partial charge in [0.15, 0.2) is 0 Å². The molecular formula is C13H14N2O4. The highest BCUT2D eigenvalue weighted by molar-refractivity contribution is 5.89. The van der Waals surface area contributed by atoms with E-state index in [-0.39, 0.29) is 5.56 Å². The highest BCUT2D eigenvalue weighted by Gasteiger charge is 2.27. The average molecular weight is 262 g/mol. The predicted molar refractivity (Wildman–Crippen MR) is 66.7 cm³/mol. The van der Waals surface area contributed by atoms with Crippen molar-refractivity contribution in [3.8, 4) is 11.4 Å². The van der Waals surface area contributed by atoms with Crippen LogP contribution in [0.2, 0.25) is 0 Å². The molecule has 0 bridgehead atoms. The van der Waals surface area contributed by atoms with Gasteiger partial charge in [-0.3, -0.25) is 0 Å². The van der Waals surface area contributed by atoms with E-state index in [1.54, 1.807) is 33.1 Å². The molecule has 0 amide bonds. The molecule has 100 valence electrons. The highest BCUT2D eigenvalue weighted by Crippen LogP contribution is 2.25. The summed E-state index contributed by atoms with van der Waals surface area (Å²) in [6.45, 7) is 3.61. The van der Waals surface area contributed by atoms with E-state index in [2.05, 4.69) is 10.1 Å². The number of nitrogens with zero attached hydrogens (tertiary/aromatic N) is 2. The molecule has 0 saturated carbocycles. The first kappa shape index (κ1) is 13.2.